The second-order valence-electron chi connectivity index (χ2n) is 8.66. The summed E-state index contributed by atoms with van der Waals surface area (Å²) in [5.74, 6) is 1.18. The van der Waals surface area contributed by atoms with Crippen molar-refractivity contribution in [1.82, 2.24) is 29.9 Å². The van der Waals surface area contributed by atoms with E-state index in [-0.39, 0.29) is 11.9 Å². The molecule has 0 aliphatic heterocycles. The topological polar surface area (TPSA) is 120 Å². The molecule has 0 aromatic carbocycles. The molecule has 9 nitrogen and oxygen atoms in total. The monoisotopic (exact) mass is 457 g/mol. The zero-order valence-electron chi connectivity index (χ0n) is 19.1. The van der Waals surface area contributed by atoms with Crippen molar-refractivity contribution in [2.24, 2.45) is 5.92 Å². The van der Waals surface area contributed by atoms with Crippen LogP contribution in [0.3, 0.4) is 0 Å². The van der Waals surface area contributed by atoms with Crippen LogP contribution in [-0.4, -0.2) is 37.1 Å². The minimum atomic E-state index is -0.203. The van der Waals surface area contributed by atoms with Crippen LogP contribution in [-0.2, 0) is 6.54 Å². The summed E-state index contributed by atoms with van der Waals surface area (Å²) < 4.78 is 7.61. The number of carbonyl (C=O) groups excluding carboxylic acids is 1. The van der Waals surface area contributed by atoms with Crippen molar-refractivity contribution in [2.45, 2.75) is 39.2 Å². The van der Waals surface area contributed by atoms with Crippen molar-refractivity contribution in [3.8, 4) is 17.0 Å². The lowest BCUT2D eigenvalue weighted by atomic mass is 10.0. The first-order valence-corrected chi connectivity index (χ1v) is 11.5. The Morgan fingerprint density at radius 2 is 2.06 bits per heavy atom. The van der Waals surface area contributed by atoms with E-state index in [9.17, 15) is 4.79 Å². The highest BCUT2D eigenvalue weighted by Gasteiger charge is 2.18. The number of hydrogen-bond donors (Lipinski definition) is 2. The van der Waals surface area contributed by atoms with Gasteiger partial charge in [-0.25, -0.2) is 9.50 Å². The number of nitrogen functional groups attached to an aromatic ring is 1. The number of nitrogens with zero attached hydrogens (tertiary/aromatic N) is 5. The van der Waals surface area contributed by atoms with E-state index >= 15 is 0 Å². The Kier molecular flexibility index (Phi) is 6.07. The third kappa shape index (κ3) is 4.68. The van der Waals surface area contributed by atoms with Crippen molar-refractivity contribution in [3.05, 3.63) is 65.7 Å². The van der Waals surface area contributed by atoms with Gasteiger partial charge in [-0.3, -0.25) is 9.78 Å². The molecule has 4 aromatic heterocycles. The summed E-state index contributed by atoms with van der Waals surface area (Å²) >= 11 is 0. The second kappa shape index (κ2) is 9.46. The summed E-state index contributed by atoms with van der Waals surface area (Å²) in [7, 11) is 0. The number of fused-ring (bicyclic) bond motifs is 1. The lowest BCUT2D eigenvalue weighted by Crippen LogP contribution is -2.24. The zero-order chi connectivity index (χ0) is 23.5. The number of pyridine rings is 3. The molecule has 1 aliphatic carbocycles. The number of anilines is 1. The van der Waals surface area contributed by atoms with Crippen LogP contribution < -0.4 is 15.8 Å². The van der Waals surface area contributed by atoms with Gasteiger partial charge >= 0.3 is 0 Å². The number of aryl methyl sites for hydroxylation is 1. The molecule has 1 aliphatic rings. The smallest absolute Gasteiger partial charge is 0.253 e. The largest absolute Gasteiger partial charge is 0.477 e. The van der Waals surface area contributed by atoms with Gasteiger partial charge in [-0.2, -0.15) is 4.98 Å². The minimum Gasteiger partial charge on any atom is -0.477 e. The fourth-order valence-electron chi connectivity index (χ4n) is 4.33. The van der Waals surface area contributed by atoms with Crippen LogP contribution in [0.1, 0.15) is 47.3 Å². The Labute approximate surface area is 197 Å². The number of nitrogens with two attached hydrogens (primary N) is 1. The Hall–Kier alpha value is -4.01. The van der Waals surface area contributed by atoms with E-state index in [0.29, 0.717) is 41.9 Å². The fourth-order valence-corrected chi connectivity index (χ4v) is 4.33. The number of aromatic nitrogens is 5. The molecule has 34 heavy (non-hydrogen) atoms. The minimum absolute atomic E-state index is 0.203. The van der Waals surface area contributed by atoms with Gasteiger partial charge < -0.3 is 15.8 Å². The highest BCUT2D eigenvalue weighted by molar-refractivity contribution is 5.96. The summed E-state index contributed by atoms with van der Waals surface area (Å²) in [4.78, 5) is 26.1. The van der Waals surface area contributed by atoms with Gasteiger partial charge in [0.25, 0.3) is 5.91 Å². The maximum absolute atomic E-state index is 13.1. The van der Waals surface area contributed by atoms with Crippen molar-refractivity contribution >= 4 is 17.5 Å². The highest BCUT2D eigenvalue weighted by atomic mass is 16.5. The number of hydrogen-bond acceptors (Lipinski definition) is 7. The molecule has 0 unspecified atom stereocenters. The summed E-state index contributed by atoms with van der Waals surface area (Å²) in [6, 6.07) is 9.37. The van der Waals surface area contributed by atoms with Crippen LogP contribution in [0.2, 0.25) is 0 Å². The number of ether oxygens (including phenoxy) is 1. The molecule has 1 saturated carbocycles. The Morgan fingerprint density at radius 1 is 1.21 bits per heavy atom. The standard InChI is InChI=1S/C25H27N7O2/c1-16-21(11-20(14-28-16)18-8-10-32-22(12-18)30-25(26)31-32)23(33)29-13-19-7-4-9-27-24(19)34-15-17-5-2-3-6-17/h4,7-12,14,17H,2-3,5-6,13,15H2,1H3,(H2,26,31)(H,29,33). The normalized spacial score (nSPS) is 13.9. The van der Waals surface area contributed by atoms with Crippen LogP contribution >= 0.6 is 0 Å². The second-order valence-corrected chi connectivity index (χ2v) is 8.66. The van der Waals surface area contributed by atoms with E-state index in [4.69, 9.17) is 10.5 Å². The first kappa shape index (κ1) is 21.8. The number of nitrogens with one attached hydrogen (secondary N) is 1. The highest BCUT2D eigenvalue weighted by Crippen LogP contribution is 2.26. The van der Waals surface area contributed by atoms with Crippen molar-refractivity contribution in [3.63, 3.8) is 0 Å². The molecular formula is C25H27N7O2. The van der Waals surface area contributed by atoms with Crippen molar-refractivity contribution in [1.29, 1.82) is 0 Å². The van der Waals surface area contributed by atoms with Gasteiger partial charge in [0.2, 0.25) is 11.8 Å². The molecule has 0 radical (unpaired) electrons. The fraction of sp³-hybridized carbons (Fsp3) is 0.320. The van der Waals surface area contributed by atoms with Crippen LogP contribution in [0.25, 0.3) is 16.8 Å². The van der Waals surface area contributed by atoms with Crippen LogP contribution in [0.15, 0.2) is 48.9 Å². The first-order chi connectivity index (χ1) is 16.6. The van der Waals surface area contributed by atoms with Crippen molar-refractivity contribution in [2.75, 3.05) is 12.3 Å². The number of carbonyl (C=O) groups is 1. The van der Waals surface area contributed by atoms with E-state index < -0.39 is 0 Å². The Bertz CT molecular complexity index is 1330. The predicted molar refractivity (Wildman–Crippen MR) is 128 cm³/mol. The Balaban J connectivity index is 1.30. The molecule has 0 spiro atoms. The molecule has 4 heterocycles. The summed E-state index contributed by atoms with van der Waals surface area (Å²) in [5.41, 5.74) is 10.0. The van der Waals surface area contributed by atoms with E-state index in [1.54, 1.807) is 23.1 Å². The summed E-state index contributed by atoms with van der Waals surface area (Å²) in [6.45, 7) is 2.81. The third-order valence-electron chi connectivity index (χ3n) is 6.24. The molecule has 1 fully saturated rings. The molecule has 5 rings (SSSR count). The van der Waals surface area contributed by atoms with Crippen molar-refractivity contribution < 1.29 is 9.53 Å². The lowest BCUT2D eigenvalue weighted by molar-refractivity contribution is 0.0949. The first-order valence-electron chi connectivity index (χ1n) is 11.5. The van der Waals surface area contributed by atoms with E-state index in [0.717, 1.165) is 16.7 Å². The predicted octanol–water partition coefficient (Wildman–Crippen LogP) is 3.58. The molecular weight excluding hydrogens is 430 g/mol. The van der Waals surface area contributed by atoms with Gasteiger partial charge in [-0.1, -0.05) is 18.9 Å². The average molecular weight is 458 g/mol. The maximum atomic E-state index is 13.1. The summed E-state index contributed by atoms with van der Waals surface area (Å²) in [6.07, 6.45) is 10.2. The number of rotatable bonds is 7. The van der Waals surface area contributed by atoms with Crippen LogP contribution in [0.4, 0.5) is 5.95 Å². The summed E-state index contributed by atoms with van der Waals surface area (Å²) in [5, 5.41) is 7.09. The van der Waals surface area contributed by atoms with Crippen LogP contribution in [0.5, 0.6) is 5.88 Å². The maximum Gasteiger partial charge on any atom is 0.253 e. The van der Waals surface area contributed by atoms with Gasteiger partial charge in [0, 0.05) is 36.3 Å². The quantitative estimate of drug-likeness (QED) is 0.435. The van der Waals surface area contributed by atoms with E-state index in [1.807, 2.05) is 37.3 Å². The van der Waals surface area contributed by atoms with Crippen LogP contribution in [0, 0.1) is 12.8 Å². The molecule has 1 amide bonds. The molecule has 4 aromatic rings. The number of amides is 1. The van der Waals surface area contributed by atoms with Gasteiger partial charge in [-0.15, -0.1) is 5.10 Å². The zero-order valence-corrected chi connectivity index (χ0v) is 19.1. The van der Waals surface area contributed by atoms with Gasteiger partial charge in [0.05, 0.1) is 17.9 Å². The molecule has 9 heteroatoms. The van der Waals surface area contributed by atoms with E-state index in [1.165, 1.54) is 25.7 Å². The third-order valence-corrected chi connectivity index (χ3v) is 6.24. The molecule has 0 saturated heterocycles. The average Bonchev–Trinajstić information content (AvgIpc) is 3.50. The van der Waals surface area contributed by atoms with Gasteiger partial charge in [0.15, 0.2) is 5.65 Å². The van der Waals surface area contributed by atoms with E-state index in [2.05, 4.69) is 25.4 Å². The van der Waals surface area contributed by atoms with Gasteiger partial charge in [0.1, 0.15) is 0 Å². The lowest BCUT2D eigenvalue weighted by Gasteiger charge is -2.14. The molecule has 3 N–H and O–H groups in total. The van der Waals surface area contributed by atoms with Gasteiger partial charge in [-0.05, 0) is 55.5 Å². The molecule has 0 atom stereocenters. The molecule has 174 valence electrons. The molecule has 0 bridgehead atoms. The SMILES string of the molecule is Cc1ncc(-c2ccn3nc(N)nc3c2)cc1C(=O)NCc1cccnc1OCC1CCCC1. The Morgan fingerprint density at radius 3 is 2.91 bits per heavy atom.